The minimum absolute atomic E-state index is 0.0325. The molecular formula is C17H29N2O6P. The zero-order valence-corrected chi connectivity index (χ0v) is 17.0. The fourth-order valence-corrected chi connectivity index (χ4v) is 5.48. The van der Waals surface area contributed by atoms with Gasteiger partial charge in [0.25, 0.3) is 5.56 Å². The summed E-state index contributed by atoms with van der Waals surface area (Å²) < 4.78 is 20.0. The second kappa shape index (κ2) is 6.75. The first-order valence-corrected chi connectivity index (χ1v) is 10.4. The van der Waals surface area contributed by atoms with Gasteiger partial charge in [0, 0.05) is 11.8 Å². The molecule has 1 fully saturated rings. The van der Waals surface area contributed by atoms with E-state index in [1.54, 1.807) is 34.6 Å². The maximum Gasteiger partial charge on any atom is 0.357 e. The van der Waals surface area contributed by atoms with Gasteiger partial charge in [-0.1, -0.05) is 34.6 Å². The summed E-state index contributed by atoms with van der Waals surface area (Å²) in [7, 11) is -4.60. The summed E-state index contributed by atoms with van der Waals surface area (Å²) in [5.41, 5.74) is -1.47. The first kappa shape index (κ1) is 21.1. The standard InChI is InChI=1S/C17H29N2O6P/c1-10(2)17(11(3)4,26(22,23)24)25-16(7-13(16)6)9-19-8-12(5)14(20)18-15(19)21/h8,10-11,13H,7,9H2,1-6H3,(H,18,20,21)(H2,22,23,24). The van der Waals surface area contributed by atoms with Crippen LogP contribution < -0.4 is 11.2 Å². The molecule has 2 unspecified atom stereocenters. The Morgan fingerprint density at radius 1 is 1.35 bits per heavy atom. The fraction of sp³-hybridized carbons (Fsp3) is 0.765. The number of hydrogen-bond donors (Lipinski definition) is 3. The third-order valence-electron chi connectivity index (χ3n) is 5.49. The van der Waals surface area contributed by atoms with Gasteiger partial charge in [0.2, 0.25) is 0 Å². The molecule has 1 aromatic rings. The molecule has 1 aliphatic carbocycles. The van der Waals surface area contributed by atoms with Gasteiger partial charge in [0.05, 0.1) is 12.1 Å². The zero-order chi connectivity index (χ0) is 20.1. The Morgan fingerprint density at radius 2 is 1.85 bits per heavy atom. The van der Waals surface area contributed by atoms with Crippen molar-refractivity contribution in [3.8, 4) is 0 Å². The number of nitrogens with one attached hydrogen (secondary N) is 1. The second-order valence-electron chi connectivity index (χ2n) is 8.08. The number of aromatic nitrogens is 2. The van der Waals surface area contributed by atoms with Gasteiger partial charge in [-0.2, -0.15) is 0 Å². The average molecular weight is 388 g/mol. The first-order chi connectivity index (χ1) is 11.8. The van der Waals surface area contributed by atoms with Crippen molar-refractivity contribution < 1.29 is 19.1 Å². The lowest BCUT2D eigenvalue weighted by molar-refractivity contribution is -0.129. The molecule has 8 nitrogen and oxygen atoms in total. The van der Waals surface area contributed by atoms with Crippen LogP contribution in [0.1, 0.15) is 46.6 Å². The molecule has 26 heavy (non-hydrogen) atoms. The highest BCUT2D eigenvalue weighted by molar-refractivity contribution is 7.53. The predicted octanol–water partition coefficient (Wildman–Crippen LogP) is 1.83. The third-order valence-corrected chi connectivity index (χ3v) is 7.53. The molecule has 148 valence electrons. The topological polar surface area (TPSA) is 122 Å². The molecule has 0 saturated heterocycles. The highest BCUT2D eigenvalue weighted by Crippen LogP contribution is 2.64. The maximum absolute atomic E-state index is 12.4. The molecule has 2 atom stereocenters. The monoisotopic (exact) mass is 388 g/mol. The van der Waals surface area contributed by atoms with E-state index in [1.807, 2.05) is 6.92 Å². The summed E-state index contributed by atoms with van der Waals surface area (Å²) in [6, 6.07) is 0. The van der Waals surface area contributed by atoms with Crippen LogP contribution in [-0.2, 0) is 15.8 Å². The summed E-state index contributed by atoms with van der Waals surface area (Å²) in [5, 5.41) is -1.64. The predicted molar refractivity (Wildman–Crippen MR) is 98.1 cm³/mol. The van der Waals surface area contributed by atoms with Gasteiger partial charge < -0.3 is 14.5 Å². The second-order valence-corrected chi connectivity index (χ2v) is 9.86. The molecular weight excluding hydrogens is 359 g/mol. The molecule has 0 aromatic carbocycles. The number of aryl methyl sites for hydroxylation is 1. The first-order valence-electron chi connectivity index (χ1n) is 8.83. The van der Waals surface area contributed by atoms with E-state index in [9.17, 15) is 23.9 Å². The molecule has 0 radical (unpaired) electrons. The van der Waals surface area contributed by atoms with Gasteiger partial charge in [-0.05, 0) is 31.1 Å². The van der Waals surface area contributed by atoms with Gasteiger partial charge >= 0.3 is 13.3 Å². The molecule has 1 heterocycles. The van der Waals surface area contributed by atoms with E-state index in [4.69, 9.17) is 4.74 Å². The van der Waals surface area contributed by atoms with E-state index in [-0.39, 0.29) is 12.5 Å². The van der Waals surface area contributed by atoms with Crippen LogP contribution in [0.25, 0.3) is 0 Å². The van der Waals surface area contributed by atoms with Crippen molar-refractivity contribution in [3.63, 3.8) is 0 Å². The van der Waals surface area contributed by atoms with Crippen molar-refractivity contribution >= 4 is 7.60 Å². The van der Waals surface area contributed by atoms with E-state index >= 15 is 0 Å². The maximum atomic E-state index is 12.4. The van der Waals surface area contributed by atoms with Crippen molar-refractivity contribution in [1.82, 2.24) is 9.55 Å². The number of ether oxygens (including phenoxy) is 1. The molecule has 1 saturated carbocycles. The van der Waals surface area contributed by atoms with Crippen LogP contribution in [0.4, 0.5) is 0 Å². The van der Waals surface area contributed by atoms with Crippen molar-refractivity contribution in [2.75, 3.05) is 0 Å². The largest absolute Gasteiger partial charge is 0.357 e. The smallest absolute Gasteiger partial charge is 0.353 e. The van der Waals surface area contributed by atoms with E-state index in [0.717, 1.165) is 0 Å². The molecule has 1 aromatic heterocycles. The van der Waals surface area contributed by atoms with E-state index in [0.29, 0.717) is 12.0 Å². The number of nitrogens with zero attached hydrogens (tertiary/aromatic N) is 1. The van der Waals surface area contributed by atoms with Crippen molar-refractivity contribution in [2.45, 2.75) is 65.5 Å². The quantitative estimate of drug-likeness (QED) is 0.613. The summed E-state index contributed by atoms with van der Waals surface area (Å²) in [5.74, 6) is -0.825. The fourth-order valence-electron chi connectivity index (χ4n) is 3.84. The molecule has 2 rings (SSSR count). The average Bonchev–Trinajstić information content (AvgIpc) is 3.09. The van der Waals surface area contributed by atoms with Crippen LogP contribution in [0.2, 0.25) is 0 Å². The lowest BCUT2D eigenvalue weighted by atomic mass is 9.94. The van der Waals surface area contributed by atoms with Crippen LogP contribution in [0, 0.1) is 24.7 Å². The van der Waals surface area contributed by atoms with E-state index < -0.39 is 41.6 Å². The lowest BCUT2D eigenvalue weighted by Gasteiger charge is -2.44. The van der Waals surface area contributed by atoms with Crippen molar-refractivity contribution in [2.24, 2.45) is 17.8 Å². The van der Waals surface area contributed by atoms with Gasteiger partial charge in [0.1, 0.15) is 0 Å². The van der Waals surface area contributed by atoms with Gasteiger partial charge in [-0.3, -0.25) is 18.9 Å². The Labute approximate surface area is 152 Å². The Balaban J connectivity index is 2.47. The Bertz CT molecular complexity index is 828. The number of rotatable bonds is 7. The van der Waals surface area contributed by atoms with Crippen LogP contribution in [0.3, 0.4) is 0 Å². The summed E-state index contributed by atoms with van der Waals surface area (Å²) in [4.78, 5) is 46.2. The molecule has 1 aliphatic rings. The lowest BCUT2D eigenvalue weighted by Crippen LogP contribution is -2.49. The molecule has 0 spiro atoms. The minimum atomic E-state index is -4.60. The van der Waals surface area contributed by atoms with Gasteiger partial charge in [-0.25, -0.2) is 4.79 Å². The minimum Gasteiger partial charge on any atom is -0.353 e. The van der Waals surface area contributed by atoms with Crippen molar-refractivity contribution in [3.05, 3.63) is 32.6 Å². The number of aromatic amines is 1. The zero-order valence-electron chi connectivity index (χ0n) is 16.1. The number of H-pyrrole nitrogens is 1. The summed E-state index contributed by atoms with van der Waals surface area (Å²) >= 11 is 0. The van der Waals surface area contributed by atoms with Gasteiger partial charge in [-0.15, -0.1) is 0 Å². The van der Waals surface area contributed by atoms with Crippen LogP contribution in [0.5, 0.6) is 0 Å². The summed E-state index contributed by atoms with van der Waals surface area (Å²) in [6.45, 7) is 10.6. The Hall–Kier alpha value is -1.21. The SMILES string of the molecule is Cc1cn(CC2(OC(C(C)C)(C(C)C)P(=O)(O)O)CC2C)c(=O)[nH]c1=O. The number of hydrogen-bond acceptors (Lipinski definition) is 4. The van der Waals surface area contributed by atoms with E-state index in [2.05, 4.69) is 4.98 Å². The molecule has 9 heteroatoms. The third kappa shape index (κ3) is 3.48. The van der Waals surface area contributed by atoms with Crippen molar-refractivity contribution in [1.29, 1.82) is 0 Å². The van der Waals surface area contributed by atoms with Crippen LogP contribution in [0.15, 0.2) is 15.8 Å². The normalized spacial score (nSPS) is 23.7. The summed E-state index contributed by atoms with van der Waals surface area (Å²) in [6.07, 6.45) is 2.04. The highest BCUT2D eigenvalue weighted by Gasteiger charge is 2.63. The molecule has 0 bridgehead atoms. The highest BCUT2D eigenvalue weighted by atomic mass is 31.2. The Kier molecular flexibility index (Phi) is 5.48. The van der Waals surface area contributed by atoms with Gasteiger partial charge in [0.15, 0.2) is 5.34 Å². The van der Waals surface area contributed by atoms with Crippen LogP contribution in [-0.4, -0.2) is 30.3 Å². The Morgan fingerprint density at radius 3 is 2.23 bits per heavy atom. The molecule has 0 aliphatic heterocycles. The van der Waals surface area contributed by atoms with E-state index in [1.165, 1.54) is 10.8 Å². The molecule has 0 amide bonds. The molecule has 3 N–H and O–H groups in total. The van der Waals surface area contributed by atoms with Crippen LogP contribution >= 0.6 is 7.60 Å².